The van der Waals surface area contributed by atoms with Gasteiger partial charge in [-0.05, 0) is 18.2 Å². The largest absolute Gasteiger partial charge is 0.464 e. The van der Waals surface area contributed by atoms with Gasteiger partial charge in [0.05, 0.1) is 31.4 Å². The van der Waals surface area contributed by atoms with E-state index in [9.17, 15) is 13.2 Å². The molecule has 0 radical (unpaired) electrons. The molecule has 0 atom stereocenters. The van der Waals surface area contributed by atoms with Gasteiger partial charge in [0.15, 0.2) is 5.69 Å². The topological polar surface area (TPSA) is 94.4 Å². The van der Waals surface area contributed by atoms with Gasteiger partial charge in [-0.2, -0.15) is 9.40 Å². The monoisotopic (exact) mass is 372 g/mol. The number of esters is 1. The van der Waals surface area contributed by atoms with Crippen LogP contribution in [0.5, 0.6) is 0 Å². The molecule has 1 aromatic carbocycles. The molecular formula is C17H16N4O4S. The number of carbonyl (C=O) groups excluding carboxylic acids is 1. The van der Waals surface area contributed by atoms with Crippen LogP contribution in [0.3, 0.4) is 0 Å². The molecule has 3 aromatic rings. The SMILES string of the molecule is COC(=O)c1cc2n(n1)CCN(S(=O)(=O)c1cccc3cccnc13)C2. The van der Waals surface area contributed by atoms with E-state index in [1.165, 1.54) is 11.4 Å². The number of pyridine rings is 1. The van der Waals surface area contributed by atoms with Crippen molar-refractivity contribution in [3.63, 3.8) is 0 Å². The summed E-state index contributed by atoms with van der Waals surface area (Å²) in [7, 11) is -2.45. The van der Waals surface area contributed by atoms with E-state index in [1.807, 2.05) is 12.1 Å². The lowest BCUT2D eigenvalue weighted by molar-refractivity contribution is 0.0593. The minimum Gasteiger partial charge on any atom is -0.464 e. The van der Waals surface area contributed by atoms with Gasteiger partial charge < -0.3 is 4.74 Å². The lowest BCUT2D eigenvalue weighted by Gasteiger charge is -2.27. The van der Waals surface area contributed by atoms with Crippen LogP contribution < -0.4 is 0 Å². The first-order chi connectivity index (χ1) is 12.5. The normalized spacial score (nSPS) is 15.0. The zero-order valence-corrected chi connectivity index (χ0v) is 14.8. The highest BCUT2D eigenvalue weighted by Crippen LogP contribution is 2.27. The molecule has 4 rings (SSSR count). The van der Waals surface area contributed by atoms with Crippen molar-refractivity contribution in [3.05, 3.63) is 54.0 Å². The molecule has 134 valence electrons. The fourth-order valence-corrected chi connectivity index (χ4v) is 4.64. The molecule has 0 saturated heterocycles. The smallest absolute Gasteiger partial charge is 0.358 e. The molecular weight excluding hydrogens is 356 g/mol. The summed E-state index contributed by atoms with van der Waals surface area (Å²) in [5.41, 5.74) is 1.27. The highest BCUT2D eigenvalue weighted by atomic mass is 32.2. The molecule has 0 fully saturated rings. The Labute approximate surface area is 150 Å². The van der Waals surface area contributed by atoms with Crippen LogP contribution >= 0.6 is 0 Å². The average Bonchev–Trinajstić information content (AvgIpc) is 3.10. The maximum atomic E-state index is 13.2. The summed E-state index contributed by atoms with van der Waals surface area (Å²) in [6, 6.07) is 10.3. The van der Waals surface area contributed by atoms with Gasteiger partial charge in [-0.3, -0.25) is 9.67 Å². The molecule has 9 heteroatoms. The maximum Gasteiger partial charge on any atom is 0.358 e. The van der Waals surface area contributed by atoms with Crippen molar-refractivity contribution in [2.45, 2.75) is 18.0 Å². The number of benzene rings is 1. The van der Waals surface area contributed by atoms with Gasteiger partial charge in [-0.1, -0.05) is 18.2 Å². The number of ether oxygens (including phenoxy) is 1. The Bertz CT molecular complexity index is 1100. The fourth-order valence-electron chi connectivity index (χ4n) is 3.08. The first-order valence-corrected chi connectivity index (χ1v) is 9.43. The molecule has 26 heavy (non-hydrogen) atoms. The van der Waals surface area contributed by atoms with Gasteiger partial charge in [0.2, 0.25) is 10.0 Å². The van der Waals surface area contributed by atoms with E-state index >= 15 is 0 Å². The Morgan fingerprint density at radius 1 is 1.19 bits per heavy atom. The molecule has 0 saturated carbocycles. The van der Waals surface area contributed by atoms with Crippen molar-refractivity contribution in [2.24, 2.45) is 0 Å². The first kappa shape index (κ1) is 16.7. The zero-order chi connectivity index (χ0) is 18.3. The van der Waals surface area contributed by atoms with Crippen molar-refractivity contribution in [3.8, 4) is 0 Å². The number of hydrogen-bond acceptors (Lipinski definition) is 6. The molecule has 0 aliphatic carbocycles. The van der Waals surface area contributed by atoms with Gasteiger partial charge in [0.1, 0.15) is 4.90 Å². The summed E-state index contributed by atoms with van der Waals surface area (Å²) in [5.74, 6) is -0.542. The van der Waals surface area contributed by atoms with Crippen molar-refractivity contribution in [2.75, 3.05) is 13.7 Å². The minimum absolute atomic E-state index is 0.134. The number of para-hydroxylation sites is 1. The Kier molecular flexibility index (Phi) is 3.97. The van der Waals surface area contributed by atoms with Crippen molar-refractivity contribution < 1.29 is 17.9 Å². The van der Waals surface area contributed by atoms with Crippen LogP contribution in [0, 0.1) is 0 Å². The third-order valence-corrected chi connectivity index (χ3v) is 6.25. The second-order valence-electron chi connectivity index (χ2n) is 5.91. The number of hydrogen-bond donors (Lipinski definition) is 0. The third kappa shape index (κ3) is 2.65. The minimum atomic E-state index is -3.73. The molecule has 2 aromatic heterocycles. The predicted molar refractivity (Wildman–Crippen MR) is 92.9 cm³/mol. The van der Waals surface area contributed by atoms with E-state index in [0.29, 0.717) is 17.8 Å². The standard InChI is InChI=1S/C17H16N4O4S/c1-25-17(22)14-10-13-11-20(8-9-21(13)19-14)26(23,24)15-6-2-4-12-5-3-7-18-16(12)15/h2-7,10H,8-9,11H2,1H3. The highest BCUT2D eigenvalue weighted by molar-refractivity contribution is 7.89. The van der Waals surface area contributed by atoms with E-state index in [1.54, 1.807) is 35.1 Å². The summed E-state index contributed by atoms with van der Waals surface area (Å²) in [5, 5.41) is 4.94. The van der Waals surface area contributed by atoms with E-state index in [2.05, 4.69) is 14.8 Å². The maximum absolute atomic E-state index is 13.2. The molecule has 0 bridgehead atoms. The van der Waals surface area contributed by atoms with Gasteiger partial charge in [0, 0.05) is 18.1 Å². The molecule has 0 amide bonds. The molecule has 1 aliphatic heterocycles. The average molecular weight is 372 g/mol. The number of methoxy groups -OCH3 is 1. The Morgan fingerprint density at radius 3 is 2.81 bits per heavy atom. The Balaban J connectivity index is 1.71. The molecule has 1 aliphatic rings. The summed E-state index contributed by atoms with van der Waals surface area (Å²) < 4.78 is 34.0. The van der Waals surface area contributed by atoms with Crippen LogP contribution in [0.2, 0.25) is 0 Å². The number of sulfonamides is 1. The number of fused-ring (bicyclic) bond motifs is 2. The highest BCUT2D eigenvalue weighted by Gasteiger charge is 2.31. The summed E-state index contributed by atoms with van der Waals surface area (Å²) in [6.45, 7) is 0.764. The second kappa shape index (κ2) is 6.19. The van der Waals surface area contributed by atoms with E-state index in [0.717, 1.165) is 5.39 Å². The van der Waals surface area contributed by atoms with Crippen molar-refractivity contribution in [1.82, 2.24) is 19.1 Å². The van der Waals surface area contributed by atoms with Crippen LogP contribution in [0.15, 0.2) is 47.5 Å². The summed E-state index contributed by atoms with van der Waals surface area (Å²) in [6.07, 6.45) is 1.58. The predicted octanol–water partition coefficient (Wildman–Crippen LogP) is 1.42. The third-order valence-electron chi connectivity index (χ3n) is 4.37. The Hall–Kier alpha value is -2.78. The quantitative estimate of drug-likeness (QED) is 0.646. The second-order valence-corrected chi connectivity index (χ2v) is 7.81. The zero-order valence-electron chi connectivity index (χ0n) is 14.0. The number of aromatic nitrogens is 3. The first-order valence-electron chi connectivity index (χ1n) is 7.99. The molecule has 3 heterocycles. The van der Waals surface area contributed by atoms with Gasteiger partial charge in [-0.15, -0.1) is 0 Å². The molecule has 0 unspecified atom stereocenters. The van der Waals surface area contributed by atoms with Crippen LogP contribution in [-0.2, 0) is 27.8 Å². The van der Waals surface area contributed by atoms with E-state index < -0.39 is 16.0 Å². The molecule has 8 nitrogen and oxygen atoms in total. The van der Waals surface area contributed by atoms with Crippen molar-refractivity contribution in [1.29, 1.82) is 0 Å². The lowest BCUT2D eigenvalue weighted by Crippen LogP contribution is -2.38. The molecule has 0 N–H and O–H groups in total. The molecule has 0 spiro atoms. The lowest BCUT2D eigenvalue weighted by atomic mass is 10.2. The van der Waals surface area contributed by atoms with Crippen molar-refractivity contribution >= 4 is 26.9 Å². The van der Waals surface area contributed by atoms with Gasteiger partial charge >= 0.3 is 5.97 Å². The van der Waals surface area contributed by atoms with E-state index in [-0.39, 0.29) is 23.7 Å². The van der Waals surface area contributed by atoms with Crippen LogP contribution in [0.4, 0.5) is 0 Å². The fraction of sp³-hybridized carbons (Fsp3) is 0.235. The summed E-state index contributed by atoms with van der Waals surface area (Å²) in [4.78, 5) is 16.1. The van der Waals surface area contributed by atoms with Gasteiger partial charge in [0.25, 0.3) is 0 Å². The summed E-state index contributed by atoms with van der Waals surface area (Å²) >= 11 is 0. The Morgan fingerprint density at radius 2 is 2.00 bits per heavy atom. The van der Waals surface area contributed by atoms with E-state index in [4.69, 9.17) is 0 Å². The van der Waals surface area contributed by atoms with Crippen LogP contribution in [-0.4, -0.2) is 47.1 Å². The number of carbonyl (C=O) groups is 1. The number of rotatable bonds is 3. The number of nitrogens with zero attached hydrogens (tertiary/aromatic N) is 4. The van der Waals surface area contributed by atoms with Gasteiger partial charge in [-0.25, -0.2) is 13.2 Å². The van der Waals surface area contributed by atoms with Crippen LogP contribution in [0.25, 0.3) is 10.9 Å². The van der Waals surface area contributed by atoms with Crippen LogP contribution in [0.1, 0.15) is 16.2 Å².